The first-order valence-corrected chi connectivity index (χ1v) is 8.61. The van der Waals surface area contributed by atoms with Crippen LogP contribution >= 0.6 is 0 Å². The fourth-order valence-electron chi connectivity index (χ4n) is 3.92. The van der Waals surface area contributed by atoms with Crippen LogP contribution in [0.25, 0.3) is 0 Å². The predicted molar refractivity (Wildman–Crippen MR) is 83.6 cm³/mol. The summed E-state index contributed by atoms with van der Waals surface area (Å²) < 4.78 is 0. The second-order valence-corrected chi connectivity index (χ2v) is 7.20. The molecule has 0 aromatic carbocycles. The van der Waals surface area contributed by atoms with Crippen LogP contribution in [0.4, 0.5) is 0 Å². The maximum atomic E-state index is 13.3. The number of piperidine rings is 1. The van der Waals surface area contributed by atoms with Crippen molar-refractivity contribution in [2.24, 2.45) is 11.3 Å². The van der Waals surface area contributed by atoms with Crippen LogP contribution in [0.1, 0.15) is 65.7 Å². The molecule has 1 saturated carbocycles. The van der Waals surface area contributed by atoms with Crippen LogP contribution in [0.15, 0.2) is 0 Å². The normalized spacial score (nSPS) is 28.0. The number of rotatable bonds is 5. The Kier molecular flexibility index (Phi) is 5.48. The van der Waals surface area contributed by atoms with E-state index in [2.05, 4.69) is 31.0 Å². The number of carbonyl (C=O) groups is 1. The van der Waals surface area contributed by atoms with Crippen LogP contribution in [0.5, 0.6) is 0 Å². The maximum absolute atomic E-state index is 13.3. The van der Waals surface area contributed by atoms with E-state index < -0.39 is 0 Å². The molecule has 1 aliphatic heterocycles. The van der Waals surface area contributed by atoms with E-state index in [1.165, 1.54) is 25.7 Å². The molecular weight excluding hydrogens is 248 g/mol. The zero-order valence-corrected chi connectivity index (χ0v) is 13.6. The van der Waals surface area contributed by atoms with Crippen molar-refractivity contribution in [2.75, 3.05) is 19.6 Å². The fourth-order valence-corrected chi connectivity index (χ4v) is 3.92. The van der Waals surface area contributed by atoms with Crippen LogP contribution in [0.3, 0.4) is 0 Å². The Morgan fingerprint density at radius 1 is 1.30 bits per heavy atom. The quantitative estimate of drug-likeness (QED) is 0.839. The summed E-state index contributed by atoms with van der Waals surface area (Å²) in [5.41, 5.74) is -0.129. The van der Waals surface area contributed by atoms with Crippen molar-refractivity contribution >= 4 is 5.91 Å². The second kappa shape index (κ2) is 6.93. The van der Waals surface area contributed by atoms with E-state index in [1.807, 2.05) is 0 Å². The number of nitrogens with one attached hydrogen (secondary N) is 1. The van der Waals surface area contributed by atoms with Gasteiger partial charge in [0, 0.05) is 19.1 Å². The number of hydrogen-bond donors (Lipinski definition) is 1. The van der Waals surface area contributed by atoms with Gasteiger partial charge in [-0.1, -0.05) is 33.6 Å². The van der Waals surface area contributed by atoms with Gasteiger partial charge in [-0.25, -0.2) is 0 Å². The van der Waals surface area contributed by atoms with E-state index in [0.717, 1.165) is 38.9 Å². The Morgan fingerprint density at radius 2 is 2.00 bits per heavy atom. The molecule has 0 aromatic rings. The van der Waals surface area contributed by atoms with Crippen molar-refractivity contribution in [2.45, 2.75) is 71.8 Å². The monoisotopic (exact) mass is 280 g/mol. The van der Waals surface area contributed by atoms with E-state index in [1.54, 1.807) is 0 Å². The lowest BCUT2D eigenvalue weighted by molar-refractivity contribution is -0.146. The van der Waals surface area contributed by atoms with Crippen molar-refractivity contribution in [3.63, 3.8) is 0 Å². The lowest BCUT2D eigenvalue weighted by atomic mass is 9.76. The molecule has 116 valence electrons. The summed E-state index contributed by atoms with van der Waals surface area (Å²) in [5, 5.41) is 3.46. The Morgan fingerprint density at radius 3 is 2.50 bits per heavy atom. The fraction of sp³-hybridized carbons (Fsp3) is 0.941. The third-order valence-electron chi connectivity index (χ3n) is 5.19. The van der Waals surface area contributed by atoms with Crippen molar-refractivity contribution in [3.05, 3.63) is 0 Å². The van der Waals surface area contributed by atoms with Gasteiger partial charge in [-0.05, 0) is 44.6 Å². The third-order valence-corrected chi connectivity index (χ3v) is 5.19. The molecule has 3 heteroatoms. The lowest BCUT2D eigenvalue weighted by Crippen LogP contribution is -2.54. The second-order valence-electron chi connectivity index (χ2n) is 7.20. The number of amides is 1. The first kappa shape index (κ1) is 15.8. The summed E-state index contributed by atoms with van der Waals surface area (Å²) in [6, 6.07) is 0.509. The van der Waals surface area contributed by atoms with Crippen molar-refractivity contribution in [1.82, 2.24) is 10.2 Å². The summed E-state index contributed by atoms with van der Waals surface area (Å²) in [6.45, 7) is 9.53. The van der Waals surface area contributed by atoms with Crippen LogP contribution < -0.4 is 5.32 Å². The van der Waals surface area contributed by atoms with E-state index in [0.29, 0.717) is 17.9 Å². The molecule has 1 atom stereocenters. The lowest BCUT2D eigenvalue weighted by Gasteiger charge is -2.42. The molecule has 1 amide bonds. The van der Waals surface area contributed by atoms with Crippen molar-refractivity contribution in [3.8, 4) is 0 Å². The molecule has 2 aliphatic rings. The van der Waals surface area contributed by atoms with Crippen LogP contribution in [-0.4, -0.2) is 36.5 Å². The van der Waals surface area contributed by atoms with Gasteiger partial charge in [0.05, 0.1) is 5.41 Å². The Balaban J connectivity index is 2.14. The first-order chi connectivity index (χ1) is 9.59. The highest BCUT2D eigenvalue weighted by Gasteiger charge is 2.42. The standard InChI is InChI=1S/C17H32N2O/c1-4-17(10-7-11-18-13-17)16(20)19(12-14(2)3)15-8-5-6-9-15/h14-15,18H,4-13H2,1-3H3. The van der Waals surface area contributed by atoms with E-state index >= 15 is 0 Å². The van der Waals surface area contributed by atoms with Gasteiger partial charge in [-0.2, -0.15) is 0 Å². The molecule has 1 unspecified atom stereocenters. The SMILES string of the molecule is CCC1(C(=O)N(CC(C)C)C2CCCC2)CCCNC1. The maximum Gasteiger partial charge on any atom is 0.230 e. The molecule has 0 bridgehead atoms. The molecule has 0 spiro atoms. The molecular formula is C17H32N2O. The number of hydrogen-bond acceptors (Lipinski definition) is 2. The topological polar surface area (TPSA) is 32.3 Å². The van der Waals surface area contributed by atoms with Gasteiger partial charge >= 0.3 is 0 Å². The van der Waals surface area contributed by atoms with E-state index in [4.69, 9.17) is 0 Å². The van der Waals surface area contributed by atoms with Gasteiger partial charge < -0.3 is 10.2 Å². The molecule has 0 aromatic heterocycles. The molecule has 3 nitrogen and oxygen atoms in total. The van der Waals surface area contributed by atoms with E-state index in [-0.39, 0.29) is 5.41 Å². The minimum atomic E-state index is -0.129. The van der Waals surface area contributed by atoms with Crippen molar-refractivity contribution < 1.29 is 4.79 Å². The third kappa shape index (κ3) is 3.36. The molecule has 1 saturated heterocycles. The minimum Gasteiger partial charge on any atom is -0.339 e. The molecule has 20 heavy (non-hydrogen) atoms. The molecule has 1 heterocycles. The highest BCUT2D eigenvalue weighted by atomic mass is 16.2. The highest BCUT2D eigenvalue weighted by Crippen LogP contribution is 2.35. The largest absolute Gasteiger partial charge is 0.339 e. The van der Waals surface area contributed by atoms with Gasteiger partial charge in [0.2, 0.25) is 5.91 Å². The summed E-state index contributed by atoms with van der Waals surface area (Å²) in [7, 11) is 0. The van der Waals surface area contributed by atoms with Crippen LogP contribution in [0, 0.1) is 11.3 Å². The van der Waals surface area contributed by atoms with Crippen molar-refractivity contribution in [1.29, 1.82) is 0 Å². The number of nitrogens with zero attached hydrogens (tertiary/aromatic N) is 1. The van der Waals surface area contributed by atoms with E-state index in [9.17, 15) is 4.79 Å². The first-order valence-electron chi connectivity index (χ1n) is 8.61. The van der Waals surface area contributed by atoms with Crippen LogP contribution in [-0.2, 0) is 4.79 Å². The Labute approximate surface area is 124 Å². The number of carbonyl (C=O) groups excluding carboxylic acids is 1. The molecule has 2 fully saturated rings. The zero-order valence-electron chi connectivity index (χ0n) is 13.6. The molecule has 1 N–H and O–H groups in total. The van der Waals surface area contributed by atoms with Gasteiger partial charge in [-0.3, -0.25) is 4.79 Å². The molecule has 0 radical (unpaired) electrons. The summed E-state index contributed by atoms with van der Waals surface area (Å²) in [5.74, 6) is 0.998. The summed E-state index contributed by atoms with van der Waals surface area (Å²) in [4.78, 5) is 15.5. The minimum absolute atomic E-state index is 0.129. The summed E-state index contributed by atoms with van der Waals surface area (Å²) >= 11 is 0. The van der Waals surface area contributed by atoms with Gasteiger partial charge in [-0.15, -0.1) is 0 Å². The Bertz CT molecular complexity index is 315. The molecule has 2 rings (SSSR count). The summed E-state index contributed by atoms with van der Waals surface area (Å²) in [6.07, 6.45) is 8.20. The average molecular weight is 280 g/mol. The van der Waals surface area contributed by atoms with Gasteiger partial charge in [0.1, 0.15) is 0 Å². The average Bonchev–Trinajstić information content (AvgIpc) is 2.98. The van der Waals surface area contributed by atoms with Gasteiger partial charge in [0.15, 0.2) is 0 Å². The Hall–Kier alpha value is -0.570. The predicted octanol–water partition coefficient (Wildman–Crippen LogP) is 3.19. The highest BCUT2D eigenvalue weighted by molar-refractivity contribution is 5.83. The van der Waals surface area contributed by atoms with Crippen LogP contribution in [0.2, 0.25) is 0 Å². The molecule has 1 aliphatic carbocycles. The smallest absolute Gasteiger partial charge is 0.230 e. The zero-order chi connectivity index (χ0) is 14.6. The van der Waals surface area contributed by atoms with Gasteiger partial charge in [0.25, 0.3) is 0 Å².